The number of aryl methyl sites for hydroxylation is 1. The predicted octanol–water partition coefficient (Wildman–Crippen LogP) is 0.919. The number of carbonyl (C=O) groups is 1. The van der Waals surface area contributed by atoms with Crippen LogP contribution in [0.3, 0.4) is 0 Å². The van der Waals surface area contributed by atoms with E-state index in [1.807, 2.05) is 20.8 Å². The molecule has 4 nitrogen and oxygen atoms in total. The van der Waals surface area contributed by atoms with Crippen LogP contribution in [-0.4, -0.2) is 23.0 Å². The Balaban J connectivity index is 2.68. The molecule has 0 radical (unpaired) electrons. The Bertz CT molecular complexity index is 333. The third-order valence-electron chi connectivity index (χ3n) is 1.81. The van der Waals surface area contributed by atoms with E-state index >= 15 is 0 Å². The number of rotatable bonds is 3. The summed E-state index contributed by atoms with van der Waals surface area (Å²) in [6.07, 6.45) is 1.59. The van der Waals surface area contributed by atoms with E-state index in [-0.39, 0.29) is 11.4 Å². The average Bonchev–Trinajstić information content (AvgIpc) is 2.51. The molecular weight excluding hydrogens is 198 g/mol. The number of thiazole rings is 1. The highest BCUT2D eigenvalue weighted by Gasteiger charge is 2.20. The zero-order valence-corrected chi connectivity index (χ0v) is 9.44. The van der Waals surface area contributed by atoms with Crippen molar-refractivity contribution in [3.63, 3.8) is 0 Å². The number of nitrogens with two attached hydrogens (primary N) is 1. The zero-order chi connectivity index (χ0) is 10.8. The maximum absolute atomic E-state index is 11.6. The Morgan fingerprint density at radius 2 is 2.36 bits per heavy atom. The molecule has 1 heterocycles. The van der Waals surface area contributed by atoms with Gasteiger partial charge in [-0.1, -0.05) is 0 Å². The van der Waals surface area contributed by atoms with Crippen LogP contribution in [0.1, 0.15) is 28.5 Å². The predicted molar refractivity (Wildman–Crippen MR) is 57.5 cm³/mol. The molecule has 0 aliphatic rings. The fourth-order valence-electron chi connectivity index (χ4n) is 0.886. The van der Waals surface area contributed by atoms with Crippen molar-refractivity contribution in [2.45, 2.75) is 26.3 Å². The summed E-state index contributed by atoms with van der Waals surface area (Å²) >= 11 is 1.38. The molecule has 1 amide bonds. The standard InChI is InChI=1S/C9H15N3OS/c1-6-11-4-7(14-6)8(13)12-9(2,3)5-10/h4H,5,10H2,1-3H3,(H,12,13). The lowest BCUT2D eigenvalue weighted by molar-refractivity contribution is 0.0919. The van der Waals surface area contributed by atoms with Crippen LogP contribution in [-0.2, 0) is 0 Å². The molecule has 14 heavy (non-hydrogen) atoms. The molecule has 0 aromatic carbocycles. The number of aromatic nitrogens is 1. The van der Waals surface area contributed by atoms with E-state index < -0.39 is 0 Å². The summed E-state index contributed by atoms with van der Waals surface area (Å²) in [5.74, 6) is -0.106. The first kappa shape index (κ1) is 11.1. The third kappa shape index (κ3) is 2.78. The van der Waals surface area contributed by atoms with Crippen molar-refractivity contribution in [3.8, 4) is 0 Å². The second-order valence-electron chi connectivity index (χ2n) is 3.79. The van der Waals surface area contributed by atoms with Gasteiger partial charge in [0.05, 0.1) is 11.2 Å². The normalized spacial score (nSPS) is 11.4. The number of carbonyl (C=O) groups excluding carboxylic acids is 1. The largest absolute Gasteiger partial charge is 0.345 e. The molecule has 0 atom stereocenters. The van der Waals surface area contributed by atoms with Crippen LogP contribution in [0.5, 0.6) is 0 Å². The Morgan fingerprint density at radius 3 is 2.79 bits per heavy atom. The summed E-state index contributed by atoms with van der Waals surface area (Å²) in [5.41, 5.74) is 5.14. The number of amides is 1. The van der Waals surface area contributed by atoms with Gasteiger partial charge in [-0.05, 0) is 20.8 Å². The smallest absolute Gasteiger partial charge is 0.263 e. The molecule has 0 saturated heterocycles. The molecule has 0 unspecified atom stereocenters. The van der Waals surface area contributed by atoms with E-state index in [2.05, 4.69) is 10.3 Å². The van der Waals surface area contributed by atoms with E-state index in [0.717, 1.165) is 5.01 Å². The zero-order valence-electron chi connectivity index (χ0n) is 8.63. The van der Waals surface area contributed by atoms with Gasteiger partial charge in [-0.2, -0.15) is 0 Å². The first-order valence-electron chi connectivity index (χ1n) is 4.39. The minimum atomic E-state index is -0.366. The Kier molecular flexibility index (Phi) is 3.23. The van der Waals surface area contributed by atoms with Crippen molar-refractivity contribution < 1.29 is 4.79 Å². The van der Waals surface area contributed by atoms with E-state index in [4.69, 9.17) is 5.73 Å². The minimum Gasteiger partial charge on any atom is -0.345 e. The second-order valence-corrected chi connectivity index (χ2v) is 5.02. The van der Waals surface area contributed by atoms with E-state index in [9.17, 15) is 4.79 Å². The van der Waals surface area contributed by atoms with Crippen LogP contribution < -0.4 is 11.1 Å². The van der Waals surface area contributed by atoms with Gasteiger partial charge >= 0.3 is 0 Å². The topological polar surface area (TPSA) is 68.0 Å². The van der Waals surface area contributed by atoms with Crippen molar-refractivity contribution in [2.24, 2.45) is 5.73 Å². The SMILES string of the molecule is Cc1ncc(C(=O)NC(C)(C)CN)s1. The van der Waals surface area contributed by atoms with Crippen LogP contribution in [0.15, 0.2) is 6.20 Å². The van der Waals surface area contributed by atoms with Crippen molar-refractivity contribution in [3.05, 3.63) is 16.1 Å². The molecule has 3 N–H and O–H groups in total. The van der Waals surface area contributed by atoms with Gasteiger partial charge in [0.15, 0.2) is 0 Å². The number of nitrogens with zero attached hydrogens (tertiary/aromatic N) is 1. The van der Waals surface area contributed by atoms with Gasteiger partial charge in [0.25, 0.3) is 5.91 Å². The molecule has 1 aromatic heterocycles. The highest BCUT2D eigenvalue weighted by molar-refractivity contribution is 7.13. The number of hydrogen-bond acceptors (Lipinski definition) is 4. The quantitative estimate of drug-likeness (QED) is 0.784. The monoisotopic (exact) mass is 213 g/mol. The fraction of sp³-hybridized carbons (Fsp3) is 0.556. The first-order chi connectivity index (χ1) is 6.44. The Morgan fingerprint density at radius 1 is 1.71 bits per heavy atom. The van der Waals surface area contributed by atoms with Gasteiger partial charge < -0.3 is 11.1 Å². The summed E-state index contributed by atoms with van der Waals surface area (Å²) in [6.45, 7) is 6.06. The molecule has 1 rings (SSSR count). The molecular formula is C9H15N3OS. The van der Waals surface area contributed by atoms with Crippen LogP contribution in [0.2, 0.25) is 0 Å². The summed E-state index contributed by atoms with van der Waals surface area (Å²) in [6, 6.07) is 0. The Labute approximate surface area is 87.5 Å². The molecule has 0 aliphatic heterocycles. The van der Waals surface area contributed by atoms with Crippen LogP contribution >= 0.6 is 11.3 Å². The van der Waals surface area contributed by atoms with Crippen LogP contribution in [0.25, 0.3) is 0 Å². The van der Waals surface area contributed by atoms with Gasteiger partial charge in [0.1, 0.15) is 4.88 Å². The Hall–Kier alpha value is -0.940. The van der Waals surface area contributed by atoms with Crippen molar-refractivity contribution in [1.29, 1.82) is 0 Å². The lowest BCUT2D eigenvalue weighted by Crippen LogP contribution is -2.48. The van der Waals surface area contributed by atoms with E-state index in [1.54, 1.807) is 6.20 Å². The molecule has 1 aromatic rings. The van der Waals surface area contributed by atoms with Gasteiger partial charge in [0.2, 0.25) is 0 Å². The maximum Gasteiger partial charge on any atom is 0.263 e. The highest BCUT2D eigenvalue weighted by atomic mass is 32.1. The van der Waals surface area contributed by atoms with Gasteiger partial charge in [-0.15, -0.1) is 11.3 Å². The fourth-order valence-corrected chi connectivity index (χ4v) is 1.56. The molecule has 0 fully saturated rings. The maximum atomic E-state index is 11.6. The van der Waals surface area contributed by atoms with Gasteiger partial charge in [-0.3, -0.25) is 4.79 Å². The first-order valence-corrected chi connectivity index (χ1v) is 5.21. The summed E-state index contributed by atoms with van der Waals surface area (Å²) in [5, 5.41) is 3.73. The minimum absolute atomic E-state index is 0.106. The number of hydrogen-bond donors (Lipinski definition) is 2. The van der Waals surface area contributed by atoms with Crippen molar-refractivity contribution in [2.75, 3.05) is 6.54 Å². The van der Waals surface area contributed by atoms with Crippen LogP contribution in [0.4, 0.5) is 0 Å². The van der Waals surface area contributed by atoms with E-state index in [1.165, 1.54) is 11.3 Å². The lowest BCUT2D eigenvalue weighted by atomic mass is 10.1. The van der Waals surface area contributed by atoms with E-state index in [0.29, 0.717) is 11.4 Å². The van der Waals surface area contributed by atoms with Crippen molar-refractivity contribution in [1.82, 2.24) is 10.3 Å². The second kappa shape index (κ2) is 4.06. The summed E-state index contributed by atoms with van der Waals surface area (Å²) < 4.78 is 0. The molecule has 5 heteroatoms. The molecule has 0 saturated carbocycles. The third-order valence-corrected chi connectivity index (χ3v) is 2.72. The number of nitrogens with one attached hydrogen (secondary N) is 1. The molecule has 78 valence electrons. The lowest BCUT2D eigenvalue weighted by Gasteiger charge is -2.23. The molecule has 0 bridgehead atoms. The summed E-state index contributed by atoms with van der Waals surface area (Å²) in [4.78, 5) is 16.3. The van der Waals surface area contributed by atoms with Crippen LogP contribution in [0, 0.1) is 6.92 Å². The summed E-state index contributed by atoms with van der Waals surface area (Å²) in [7, 11) is 0. The van der Waals surface area contributed by atoms with Gasteiger partial charge in [-0.25, -0.2) is 4.98 Å². The van der Waals surface area contributed by atoms with Crippen molar-refractivity contribution >= 4 is 17.2 Å². The average molecular weight is 213 g/mol. The highest BCUT2D eigenvalue weighted by Crippen LogP contribution is 2.12. The molecule has 0 aliphatic carbocycles. The molecule has 0 spiro atoms. The van der Waals surface area contributed by atoms with Gasteiger partial charge in [0, 0.05) is 12.1 Å².